The van der Waals surface area contributed by atoms with E-state index in [2.05, 4.69) is 5.32 Å². The van der Waals surface area contributed by atoms with Crippen molar-refractivity contribution in [3.8, 4) is 22.6 Å². The summed E-state index contributed by atoms with van der Waals surface area (Å²) >= 11 is 5.26. The first kappa shape index (κ1) is 25.9. The Balaban J connectivity index is 1.37. The van der Waals surface area contributed by atoms with Crippen LogP contribution in [0.25, 0.3) is 17.2 Å². The van der Waals surface area contributed by atoms with Gasteiger partial charge in [0.05, 0.1) is 11.3 Å². The minimum absolute atomic E-state index is 0.0567. The highest BCUT2D eigenvalue weighted by atomic mass is 32.1. The summed E-state index contributed by atoms with van der Waals surface area (Å²) < 4.78 is 45.0. The lowest BCUT2D eigenvalue weighted by molar-refractivity contribution is -0.137. The van der Waals surface area contributed by atoms with E-state index in [0.717, 1.165) is 12.1 Å². The molecule has 0 bridgehead atoms. The number of thiocarbonyl (C=S) groups is 1. The molecular weight excluding hydrogens is 525 g/mol. The van der Waals surface area contributed by atoms with Crippen molar-refractivity contribution in [1.29, 1.82) is 0 Å². The van der Waals surface area contributed by atoms with Crippen LogP contribution in [0.1, 0.15) is 11.1 Å². The van der Waals surface area contributed by atoms with Gasteiger partial charge in [0.2, 0.25) is 0 Å². The van der Waals surface area contributed by atoms with Gasteiger partial charge in [-0.2, -0.15) is 13.2 Å². The van der Waals surface area contributed by atoms with Gasteiger partial charge in [0.15, 0.2) is 5.11 Å². The van der Waals surface area contributed by atoms with Crippen molar-refractivity contribution in [2.24, 2.45) is 0 Å². The molecule has 2 amide bonds. The molecule has 1 saturated heterocycles. The fraction of sp³-hybridized carbons (Fsp3) is 0.0333. The van der Waals surface area contributed by atoms with Crippen LogP contribution in [0, 0.1) is 0 Å². The highest BCUT2D eigenvalue weighted by molar-refractivity contribution is 7.80. The average molecular weight is 545 g/mol. The summed E-state index contributed by atoms with van der Waals surface area (Å²) in [4.78, 5) is 27.2. The number of carbonyl (C=O) groups is 2. The highest BCUT2D eigenvalue weighted by Gasteiger charge is 2.34. The van der Waals surface area contributed by atoms with Crippen LogP contribution in [0.2, 0.25) is 0 Å². The molecule has 9 heteroatoms. The Morgan fingerprint density at radius 2 is 1.44 bits per heavy atom. The summed E-state index contributed by atoms with van der Waals surface area (Å²) in [5.74, 6) is -0.0398. The number of carbonyl (C=O) groups excluding carboxylic acids is 2. The number of halogens is 3. The van der Waals surface area contributed by atoms with Crippen molar-refractivity contribution in [2.45, 2.75) is 6.18 Å². The molecule has 0 atom stereocenters. The molecule has 0 aromatic heterocycles. The molecule has 0 saturated carbocycles. The molecule has 194 valence electrons. The molecule has 1 aliphatic heterocycles. The second-order valence-electron chi connectivity index (χ2n) is 8.57. The molecule has 0 unspecified atom stereocenters. The Labute approximate surface area is 227 Å². The van der Waals surface area contributed by atoms with Gasteiger partial charge in [0.25, 0.3) is 11.8 Å². The van der Waals surface area contributed by atoms with Crippen molar-refractivity contribution in [2.75, 3.05) is 4.90 Å². The minimum atomic E-state index is -4.45. The molecule has 1 aliphatic rings. The monoisotopic (exact) mass is 544 g/mol. The van der Waals surface area contributed by atoms with Crippen molar-refractivity contribution in [1.82, 2.24) is 5.32 Å². The number of alkyl halides is 3. The standard InChI is InChI=1S/C30H19F3N2O3S/c31-30(32,33)22-6-4-5-21(18-22)20-11-9-19(10-12-20)17-26-27(36)34-29(39)35(28(26)37)23-13-15-25(16-14-23)38-24-7-2-1-3-8-24/h1-18H,(H,34,36,39). The first-order valence-electron chi connectivity index (χ1n) is 11.7. The van der Waals surface area contributed by atoms with Gasteiger partial charge >= 0.3 is 6.18 Å². The third kappa shape index (κ3) is 5.73. The van der Waals surface area contributed by atoms with Crippen LogP contribution in [0.3, 0.4) is 0 Å². The number of amides is 2. The molecule has 4 aromatic carbocycles. The van der Waals surface area contributed by atoms with Crippen molar-refractivity contribution in [3.05, 3.63) is 120 Å². The Hall–Kier alpha value is -4.76. The number of ether oxygens (including phenoxy) is 1. The van der Waals surface area contributed by atoms with Gasteiger partial charge in [-0.15, -0.1) is 0 Å². The van der Waals surface area contributed by atoms with E-state index in [1.807, 2.05) is 30.3 Å². The second-order valence-corrected chi connectivity index (χ2v) is 8.95. The summed E-state index contributed by atoms with van der Waals surface area (Å²) in [6.45, 7) is 0. The van der Waals surface area contributed by atoms with Gasteiger partial charge in [-0.05, 0) is 83.5 Å². The average Bonchev–Trinajstić information content (AvgIpc) is 2.92. The molecular formula is C30H19F3N2O3S. The van der Waals surface area contributed by atoms with Crippen LogP contribution in [0.5, 0.6) is 11.5 Å². The Kier molecular flexibility index (Phi) is 7.00. The number of para-hydroxylation sites is 1. The molecule has 0 spiro atoms. The van der Waals surface area contributed by atoms with E-state index in [1.165, 1.54) is 17.0 Å². The highest BCUT2D eigenvalue weighted by Crippen LogP contribution is 2.32. The van der Waals surface area contributed by atoms with Gasteiger partial charge in [-0.1, -0.05) is 54.6 Å². The zero-order chi connectivity index (χ0) is 27.6. The van der Waals surface area contributed by atoms with E-state index in [4.69, 9.17) is 17.0 Å². The maximum atomic E-state index is 13.3. The van der Waals surface area contributed by atoms with Crippen LogP contribution < -0.4 is 15.0 Å². The quantitative estimate of drug-likeness (QED) is 0.167. The van der Waals surface area contributed by atoms with Crippen molar-refractivity contribution < 1.29 is 27.5 Å². The zero-order valence-electron chi connectivity index (χ0n) is 20.1. The first-order chi connectivity index (χ1) is 18.7. The number of nitrogens with one attached hydrogen (secondary N) is 1. The lowest BCUT2D eigenvalue weighted by Crippen LogP contribution is -2.54. The van der Waals surface area contributed by atoms with Crippen LogP contribution in [0.4, 0.5) is 18.9 Å². The van der Waals surface area contributed by atoms with E-state index < -0.39 is 23.6 Å². The lowest BCUT2D eigenvalue weighted by Gasteiger charge is -2.29. The SMILES string of the molecule is O=C1NC(=S)N(c2ccc(Oc3ccccc3)cc2)C(=O)C1=Cc1ccc(-c2cccc(C(F)(F)F)c2)cc1. The topological polar surface area (TPSA) is 58.6 Å². The van der Waals surface area contributed by atoms with Crippen LogP contribution in [0.15, 0.2) is 109 Å². The summed E-state index contributed by atoms with van der Waals surface area (Å²) in [6, 6.07) is 27.4. The van der Waals surface area contributed by atoms with Crippen molar-refractivity contribution >= 4 is 40.9 Å². The summed E-state index contributed by atoms with van der Waals surface area (Å²) in [5.41, 5.74) is 1.03. The van der Waals surface area contributed by atoms with Gasteiger partial charge in [0.1, 0.15) is 17.1 Å². The predicted octanol–water partition coefficient (Wildman–Crippen LogP) is 7.00. The largest absolute Gasteiger partial charge is 0.457 e. The van der Waals surface area contributed by atoms with Gasteiger partial charge in [-0.25, -0.2) is 0 Å². The van der Waals surface area contributed by atoms with Crippen LogP contribution in [-0.2, 0) is 15.8 Å². The van der Waals surface area contributed by atoms with Gasteiger partial charge in [0, 0.05) is 0 Å². The molecule has 1 fully saturated rings. The Morgan fingerprint density at radius 1 is 0.769 bits per heavy atom. The lowest BCUT2D eigenvalue weighted by atomic mass is 10.0. The molecule has 1 N–H and O–H groups in total. The molecule has 0 aliphatic carbocycles. The fourth-order valence-electron chi connectivity index (χ4n) is 3.99. The predicted molar refractivity (Wildman–Crippen MR) is 146 cm³/mol. The number of nitrogens with zero attached hydrogens (tertiary/aromatic N) is 1. The van der Waals surface area contributed by atoms with Gasteiger partial charge < -0.3 is 4.74 Å². The normalized spacial score (nSPS) is 14.9. The van der Waals surface area contributed by atoms with Gasteiger partial charge in [-0.3, -0.25) is 19.8 Å². The molecule has 0 radical (unpaired) electrons. The minimum Gasteiger partial charge on any atom is -0.457 e. The maximum Gasteiger partial charge on any atom is 0.416 e. The van der Waals surface area contributed by atoms with E-state index >= 15 is 0 Å². The molecule has 5 rings (SSSR count). The molecule has 39 heavy (non-hydrogen) atoms. The summed E-state index contributed by atoms with van der Waals surface area (Å²) in [5, 5.41) is 2.48. The summed E-state index contributed by atoms with van der Waals surface area (Å²) in [7, 11) is 0. The molecule has 4 aromatic rings. The maximum absolute atomic E-state index is 13.3. The third-order valence-corrected chi connectivity index (χ3v) is 6.21. The summed E-state index contributed by atoms with van der Waals surface area (Å²) in [6.07, 6.45) is -3.04. The third-order valence-electron chi connectivity index (χ3n) is 5.92. The molecule has 5 nitrogen and oxygen atoms in total. The van der Waals surface area contributed by atoms with Crippen LogP contribution in [-0.4, -0.2) is 16.9 Å². The number of benzene rings is 4. The number of anilines is 1. The number of rotatable bonds is 5. The zero-order valence-corrected chi connectivity index (χ0v) is 20.9. The van der Waals surface area contributed by atoms with Crippen LogP contribution >= 0.6 is 12.2 Å². The Morgan fingerprint density at radius 3 is 2.10 bits per heavy atom. The Bertz CT molecular complexity index is 1580. The van der Waals surface area contributed by atoms with Crippen molar-refractivity contribution in [3.63, 3.8) is 0 Å². The first-order valence-corrected chi connectivity index (χ1v) is 12.1. The smallest absolute Gasteiger partial charge is 0.416 e. The van der Waals surface area contributed by atoms with E-state index in [-0.39, 0.29) is 10.7 Å². The number of hydrogen-bond acceptors (Lipinski definition) is 4. The molecule has 1 heterocycles. The van der Waals surface area contributed by atoms with E-state index in [9.17, 15) is 22.8 Å². The van der Waals surface area contributed by atoms with E-state index in [1.54, 1.807) is 54.6 Å². The second kappa shape index (κ2) is 10.5. The van der Waals surface area contributed by atoms with E-state index in [0.29, 0.717) is 33.9 Å². The number of hydrogen-bond donors (Lipinski definition) is 1. The fourth-order valence-corrected chi connectivity index (χ4v) is 4.27.